The highest BCUT2D eigenvalue weighted by atomic mass is 15.0. The van der Waals surface area contributed by atoms with Crippen molar-refractivity contribution in [2.24, 2.45) is 0 Å². The highest BCUT2D eigenvalue weighted by molar-refractivity contribution is 6.26. The van der Waals surface area contributed by atoms with Crippen LogP contribution in [0.5, 0.6) is 0 Å². The van der Waals surface area contributed by atoms with E-state index in [-0.39, 0.29) is 0 Å². The summed E-state index contributed by atoms with van der Waals surface area (Å²) < 4.78 is 4.87. The number of aromatic nitrogens is 4. The van der Waals surface area contributed by atoms with Gasteiger partial charge >= 0.3 is 0 Å². The molecule has 4 nitrogen and oxygen atoms in total. The van der Waals surface area contributed by atoms with Gasteiger partial charge in [-0.3, -0.25) is 0 Å². The highest BCUT2D eigenvalue weighted by Gasteiger charge is 2.21. The van der Waals surface area contributed by atoms with Gasteiger partial charge in [-0.1, -0.05) is 158 Å². The Balaban J connectivity index is 1.01. The standard InChI is InChI=1S/C56H36N4/c1-3-16-38(17-4-1)49-36-50(58-56(57-49)43-30-29-37-15-7-8-18-39(37)34-43)42-21-13-19-40(33-42)41-20-14-24-45(35-41)59-52-28-12-10-26-48(52)54-53(59)32-31-47-46-25-9-11-27-51(46)60(55(47)54)44-22-5-2-6-23-44/h1-36H. The van der Waals surface area contributed by atoms with Crippen LogP contribution in [0, 0.1) is 0 Å². The molecule has 0 spiro atoms. The van der Waals surface area contributed by atoms with E-state index in [9.17, 15) is 0 Å². The van der Waals surface area contributed by atoms with Gasteiger partial charge in [0.05, 0.1) is 33.5 Å². The van der Waals surface area contributed by atoms with Gasteiger partial charge in [-0.15, -0.1) is 0 Å². The van der Waals surface area contributed by atoms with Crippen LogP contribution in [0.25, 0.3) is 111 Å². The van der Waals surface area contributed by atoms with E-state index >= 15 is 0 Å². The topological polar surface area (TPSA) is 35.6 Å². The van der Waals surface area contributed by atoms with Crippen LogP contribution in [-0.4, -0.2) is 19.1 Å². The maximum atomic E-state index is 5.22. The number of nitrogens with zero attached hydrogens (tertiary/aromatic N) is 4. The fraction of sp³-hybridized carbons (Fsp3) is 0. The van der Waals surface area contributed by atoms with E-state index in [4.69, 9.17) is 9.97 Å². The first-order valence-corrected chi connectivity index (χ1v) is 20.4. The number of hydrogen-bond acceptors (Lipinski definition) is 2. The molecule has 280 valence electrons. The van der Waals surface area contributed by atoms with Crippen molar-refractivity contribution in [3.8, 4) is 56.4 Å². The highest BCUT2D eigenvalue weighted by Crippen LogP contribution is 2.42. The zero-order chi connectivity index (χ0) is 39.6. The lowest BCUT2D eigenvalue weighted by atomic mass is 10.00. The molecule has 3 heterocycles. The minimum atomic E-state index is 0.705. The Hall–Kier alpha value is -8.08. The largest absolute Gasteiger partial charge is 0.309 e. The molecule has 9 aromatic carbocycles. The van der Waals surface area contributed by atoms with Crippen molar-refractivity contribution < 1.29 is 0 Å². The van der Waals surface area contributed by atoms with Gasteiger partial charge in [0.15, 0.2) is 5.82 Å². The zero-order valence-corrected chi connectivity index (χ0v) is 32.6. The van der Waals surface area contributed by atoms with Crippen LogP contribution in [0.1, 0.15) is 0 Å². The van der Waals surface area contributed by atoms with Crippen LogP contribution in [-0.2, 0) is 0 Å². The van der Waals surface area contributed by atoms with Crippen LogP contribution >= 0.6 is 0 Å². The summed E-state index contributed by atoms with van der Waals surface area (Å²) in [6.45, 7) is 0. The number of rotatable bonds is 6. The van der Waals surface area contributed by atoms with Crippen LogP contribution in [0.4, 0.5) is 0 Å². The first-order valence-electron chi connectivity index (χ1n) is 20.4. The predicted molar refractivity (Wildman–Crippen MR) is 250 cm³/mol. The summed E-state index contributed by atoms with van der Waals surface area (Å²) in [7, 11) is 0. The van der Waals surface area contributed by atoms with Crippen molar-refractivity contribution in [1.29, 1.82) is 0 Å². The molecule has 0 amide bonds. The fourth-order valence-corrected chi connectivity index (χ4v) is 9.12. The molecule has 0 saturated carbocycles. The quantitative estimate of drug-likeness (QED) is 0.169. The number of fused-ring (bicyclic) bond motifs is 8. The summed E-state index contributed by atoms with van der Waals surface area (Å²) >= 11 is 0. The normalized spacial score (nSPS) is 11.7. The predicted octanol–water partition coefficient (Wildman–Crippen LogP) is 14.5. The van der Waals surface area contributed by atoms with Gasteiger partial charge in [0, 0.05) is 49.6 Å². The second-order valence-corrected chi connectivity index (χ2v) is 15.4. The second kappa shape index (κ2) is 13.8. The van der Waals surface area contributed by atoms with Gasteiger partial charge < -0.3 is 9.13 Å². The van der Waals surface area contributed by atoms with Crippen LogP contribution in [0.15, 0.2) is 218 Å². The summed E-state index contributed by atoms with van der Waals surface area (Å²) in [4.78, 5) is 10.3. The Kier molecular flexibility index (Phi) is 7.82. The van der Waals surface area contributed by atoms with E-state index in [2.05, 4.69) is 221 Å². The number of benzene rings is 9. The molecule has 0 fully saturated rings. The molecule has 0 atom stereocenters. The Labute approximate surface area is 346 Å². The molecule has 12 rings (SSSR count). The third kappa shape index (κ3) is 5.53. The molecule has 0 aliphatic rings. The smallest absolute Gasteiger partial charge is 0.160 e. The van der Waals surface area contributed by atoms with E-state index in [1.165, 1.54) is 54.4 Å². The summed E-state index contributed by atoms with van der Waals surface area (Å²) in [6.07, 6.45) is 0. The first kappa shape index (κ1) is 34.0. The van der Waals surface area contributed by atoms with E-state index in [0.717, 1.165) is 50.6 Å². The van der Waals surface area contributed by atoms with Crippen molar-refractivity contribution >= 4 is 54.4 Å². The number of hydrogen-bond donors (Lipinski definition) is 0. The molecule has 0 radical (unpaired) electrons. The average Bonchev–Trinajstić information content (AvgIpc) is 3.85. The zero-order valence-electron chi connectivity index (χ0n) is 32.6. The van der Waals surface area contributed by atoms with Gasteiger partial charge in [-0.05, 0) is 82.6 Å². The van der Waals surface area contributed by atoms with E-state index < -0.39 is 0 Å². The second-order valence-electron chi connectivity index (χ2n) is 15.4. The lowest BCUT2D eigenvalue weighted by Gasteiger charge is -2.13. The van der Waals surface area contributed by atoms with Gasteiger partial charge in [0.1, 0.15) is 0 Å². The Morgan fingerprint density at radius 2 is 0.900 bits per heavy atom. The van der Waals surface area contributed by atoms with Gasteiger partial charge in [0.2, 0.25) is 0 Å². The van der Waals surface area contributed by atoms with Crippen molar-refractivity contribution in [2.75, 3.05) is 0 Å². The van der Waals surface area contributed by atoms with Crippen molar-refractivity contribution in [3.63, 3.8) is 0 Å². The monoisotopic (exact) mass is 764 g/mol. The molecule has 0 N–H and O–H groups in total. The minimum Gasteiger partial charge on any atom is -0.309 e. The van der Waals surface area contributed by atoms with Crippen LogP contribution < -0.4 is 0 Å². The molecular weight excluding hydrogens is 729 g/mol. The van der Waals surface area contributed by atoms with Gasteiger partial charge in [-0.25, -0.2) is 9.97 Å². The first-order chi connectivity index (χ1) is 29.7. The van der Waals surface area contributed by atoms with E-state index in [0.29, 0.717) is 5.82 Å². The van der Waals surface area contributed by atoms with Crippen LogP contribution in [0.3, 0.4) is 0 Å². The lowest BCUT2D eigenvalue weighted by Crippen LogP contribution is -1.96. The van der Waals surface area contributed by atoms with Gasteiger partial charge in [-0.2, -0.15) is 0 Å². The maximum absolute atomic E-state index is 5.22. The third-order valence-electron chi connectivity index (χ3n) is 11.9. The van der Waals surface area contributed by atoms with E-state index in [1.54, 1.807) is 0 Å². The number of para-hydroxylation sites is 3. The lowest BCUT2D eigenvalue weighted by molar-refractivity contribution is 1.17. The summed E-state index contributed by atoms with van der Waals surface area (Å²) in [5, 5.41) is 7.33. The van der Waals surface area contributed by atoms with E-state index in [1.807, 2.05) is 6.07 Å². The third-order valence-corrected chi connectivity index (χ3v) is 11.9. The molecule has 0 unspecified atom stereocenters. The van der Waals surface area contributed by atoms with Crippen molar-refractivity contribution in [3.05, 3.63) is 218 Å². The van der Waals surface area contributed by atoms with Crippen molar-refractivity contribution in [1.82, 2.24) is 19.1 Å². The maximum Gasteiger partial charge on any atom is 0.160 e. The summed E-state index contributed by atoms with van der Waals surface area (Å²) in [5.41, 5.74) is 14.1. The summed E-state index contributed by atoms with van der Waals surface area (Å²) in [6, 6.07) is 78.0. The molecule has 12 aromatic rings. The van der Waals surface area contributed by atoms with Gasteiger partial charge in [0.25, 0.3) is 0 Å². The Bertz CT molecular complexity index is 3600. The minimum absolute atomic E-state index is 0.705. The Morgan fingerprint density at radius 1 is 0.300 bits per heavy atom. The summed E-state index contributed by atoms with van der Waals surface area (Å²) in [5.74, 6) is 0.705. The van der Waals surface area contributed by atoms with Crippen LogP contribution in [0.2, 0.25) is 0 Å². The molecule has 0 aliphatic carbocycles. The Morgan fingerprint density at radius 3 is 1.72 bits per heavy atom. The molecule has 0 saturated heterocycles. The molecule has 4 heteroatoms. The SMILES string of the molecule is c1ccc(-c2cc(-c3cccc(-c4cccc(-n5c6ccccc6c6c5ccc5c7ccccc7n(-c7ccccc7)c56)c4)c3)nc(-c3ccc4ccccc4c3)n2)cc1. The molecular formula is C56H36N4. The van der Waals surface area contributed by atoms with Crippen molar-refractivity contribution in [2.45, 2.75) is 0 Å². The molecule has 0 aliphatic heterocycles. The molecule has 0 bridgehead atoms. The molecule has 60 heavy (non-hydrogen) atoms. The molecule has 3 aromatic heterocycles. The average molecular weight is 765 g/mol. The fourth-order valence-electron chi connectivity index (χ4n) is 9.12.